The van der Waals surface area contributed by atoms with E-state index in [4.69, 9.17) is 0 Å². The van der Waals surface area contributed by atoms with Crippen LogP contribution < -0.4 is 4.90 Å². The predicted octanol–water partition coefficient (Wildman–Crippen LogP) is 17.9. The molecule has 2 nitrogen and oxygen atoms in total. The smallest absolute Gasteiger partial charge is 0.0547 e. The van der Waals surface area contributed by atoms with Crippen LogP contribution in [0.25, 0.3) is 92.2 Å². The van der Waals surface area contributed by atoms with Crippen molar-refractivity contribution in [2.24, 2.45) is 0 Å². The van der Waals surface area contributed by atoms with Gasteiger partial charge in [0, 0.05) is 59.0 Å². The molecule has 12 aromatic rings. The van der Waals surface area contributed by atoms with E-state index in [9.17, 15) is 0 Å². The minimum Gasteiger partial charge on any atom is -0.310 e. The highest BCUT2D eigenvalue weighted by molar-refractivity contribution is 7.25. The lowest BCUT2D eigenvalue weighted by atomic mass is 9.81. The second kappa shape index (κ2) is 15.1. The number of aromatic nitrogens is 1. The first-order valence-corrected chi connectivity index (χ1v) is 23.6. The molecule has 2 heterocycles. The van der Waals surface area contributed by atoms with Gasteiger partial charge in [0.05, 0.1) is 16.7 Å². The van der Waals surface area contributed by atoms with Gasteiger partial charge in [-0.15, -0.1) is 11.3 Å². The maximum Gasteiger partial charge on any atom is 0.0547 e. The van der Waals surface area contributed by atoms with Crippen molar-refractivity contribution in [3.8, 4) is 50.2 Å². The summed E-state index contributed by atoms with van der Waals surface area (Å²) < 4.78 is 5.05. The number of nitrogens with zero attached hydrogens (tertiary/aromatic N) is 2. The number of rotatable bonds is 7. The first-order chi connectivity index (χ1) is 32.5. The molecule has 0 radical (unpaired) electrons. The van der Waals surface area contributed by atoms with Gasteiger partial charge in [-0.25, -0.2) is 0 Å². The summed E-state index contributed by atoms with van der Waals surface area (Å²) in [4.78, 5) is 2.40. The molecule has 0 fully saturated rings. The molecule has 1 aliphatic rings. The van der Waals surface area contributed by atoms with E-state index in [1.165, 1.54) is 103 Å². The van der Waals surface area contributed by atoms with Crippen LogP contribution in [0.4, 0.5) is 17.1 Å². The van der Waals surface area contributed by atoms with E-state index >= 15 is 0 Å². The Kier molecular flexibility index (Phi) is 8.78. The first kappa shape index (κ1) is 38.5. The fourth-order valence-electron chi connectivity index (χ4n) is 10.8. The maximum absolute atomic E-state index is 2.47. The molecule has 2 aromatic heterocycles. The SMILES string of the molecule is CC1(C)c2ccc(-c3ccccc3N(c3ccccc3)c3ccc(-c4ccc5c(c4)sc4ccccc45)cc3)cc2-c2ccc(-c3cccc4c3c3ccccc3n4-c3ccccc3)cc21. The highest BCUT2D eigenvalue weighted by atomic mass is 32.1. The molecular formula is C63H44N2S. The lowest BCUT2D eigenvalue weighted by molar-refractivity contribution is 0.660. The average molecular weight is 861 g/mol. The van der Waals surface area contributed by atoms with Crippen molar-refractivity contribution in [3.05, 3.63) is 242 Å². The fourth-order valence-corrected chi connectivity index (χ4v) is 12.0. The van der Waals surface area contributed by atoms with Crippen molar-refractivity contribution < 1.29 is 0 Å². The van der Waals surface area contributed by atoms with Crippen LogP contribution in [0.15, 0.2) is 231 Å². The number of benzene rings is 10. The lowest BCUT2D eigenvalue weighted by Crippen LogP contribution is -2.15. The summed E-state index contributed by atoms with van der Waals surface area (Å²) in [6.45, 7) is 4.77. The number of hydrogen-bond acceptors (Lipinski definition) is 2. The van der Waals surface area contributed by atoms with Crippen LogP contribution in [-0.4, -0.2) is 4.57 Å². The Labute approximate surface area is 388 Å². The zero-order valence-electron chi connectivity index (χ0n) is 36.7. The maximum atomic E-state index is 2.47. The van der Waals surface area contributed by atoms with Gasteiger partial charge in [0.1, 0.15) is 0 Å². The molecule has 0 spiro atoms. The number of hydrogen-bond donors (Lipinski definition) is 0. The zero-order chi connectivity index (χ0) is 43.9. The Hall–Kier alpha value is -7.98. The van der Waals surface area contributed by atoms with Crippen molar-refractivity contribution in [2.45, 2.75) is 19.3 Å². The number of anilines is 3. The van der Waals surface area contributed by atoms with Crippen molar-refractivity contribution in [3.63, 3.8) is 0 Å². The van der Waals surface area contributed by atoms with E-state index in [-0.39, 0.29) is 5.41 Å². The van der Waals surface area contributed by atoms with E-state index in [1.807, 2.05) is 11.3 Å². The summed E-state index contributed by atoms with van der Waals surface area (Å²) in [5.41, 5.74) is 19.5. The third-order valence-electron chi connectivity index (χ3n) is 14.0. The molecule has 0 unspecified atom stereocenters. The van der Waals surface area contributed by atoms with Gasteiger partial charge in [-0.3, -0.25) is 0 Å². The fraction of sp³-hybridized carbons (Fsp3) is 0.0476. The van der Waals surface area contributed by atoms with Crippen LogP contribution in [0.3, 0.4) is 0 Å². The van der Waals surface area contributed by atoms with Gasteiger partial charge in [-0.1, -0.05) is 166 Å². The highest BCUT2D eigenvalue weighted by Crippen LogP contribution is 2.52. The molecule has 66 heavy (non-hydrogen) atoms. The van der Waals surface area contributed by atoms with Crippen LogP contribution in [0, 0.1) is 0 Å². The molecule has 13 rings (SSSR count). The minimum atomic E-state index is -0.177. The van der Waals surface area contributed by atoms with Crippen LogP contribution in [0.2, 0.25) is 0 Å². The van der Waals surface area contributed by atoms with E-state index < -0.39 is 0 Å². The van der Waals surface area contributed by atoms with Gasteiger partial charge in [0.25, 0.3) is 0 Å². The third kappa shape index (κ3) is 6.01. The van der Waals surface area contributed by atoms with Gasteiger partial charge < -0.3 is 9.47 Å². The standard InChI is InChI=1S/C63H44N2S/c1-63(2)55-37-32-43(38-54(55)50-35-31-44(39-56(50)63)49-23-15-26-59-62(49)53-22-10-13-25-58(53)65(59)46-18-7-4-8-19-46)48-20-9-12-24-57(48)64(45-16-5-3-6-17-45)47-33-28-41(29-34-47)42-30-36-52-51-21-11-14-27-60(51)66-61(52)40-42/h3-40H,1-2H3. The normalized spacial score (nSPS) is 12.8. The Morgan fingerprint density at radius 3 is 1.85 bits per heavy atom. The lowest BCUT2D eigenvalue weighted by Gasteiger charge is -2.28. The number of fused-ring (bicyclic) bond motifs is 9. The zero-order valence-corrected chi connectivity index (χ0v) is 37.6. The first-order valence-electron chi connectivity index (χ1n) is 22.8. The summed E-state index contributed by atoms with van der Waals surface area (Å²) in [5, 5.41) is 5.21. The second-order valence-corrected chi connectivity index (χ2v) is 19.2. The molecule has 0 saturated carbocycles. The van der Waals surface area contributed by atoms with Crippen LogP contribution in [-0.2, 0) is 5.41 Å². The Balaban J connectivity index is 0.891. The molecule has 10 aromatic carbocycles. The highest BCUT2D eigenvalue weighted by Gasteiger charge is 2.36. The van der Waals surface area contributed by atoms with Crippen molar-refractivity contribution in [1.82, 2.24) is 4.57 Å². The van der Waals surface area contributed by atoms with Gasteiger partial charge in [-0.2, -0.15) is 0 Å². The third-order valence-corrected chi connectivity index (χ3v) is 15.1. The Morgan fingerprint density at radius 1 is 0.379 bits per heavy atom. The summed E-state index contributed by atoms with van der Waals surface area (Å²) in [7, 11) is 0. The summed E-state index contributed by atoms with van der Waals surface area (Å²) in [6.07, 6.45) is 0. The van der Waals surface area contributed by atoms with E-state index in [1.54, 1.807) is 0 Å². The van der Waals surface area contributed by atoms with Crippen molar-refractivity contribution >= 4 is 70.4 Å². The van der Waals surface area contributed by atoms with Gasteiger partial charge in [0.15, 0.2) is 0 Å². The van der Waals surface area contributed by atoms with Crippen molar-refractivity contribution in [2.75, 3.05) is 4.90 Å². The number of para-hydroxylation sites is 4. The van der Waals surface area contributed by atoms with Gasteiger partial charge >= 0.3 is 0 Å². The van der Waals surface area contributed by atoms with Crippen LogP contribution >= 0.6 is 11.3 Å². The summed E-state index contributed by atoms with van der Waals surface area (Å²) >= 11 is 1.87. The summed E-state index contributed by atoms with van der Waals surface area (Å²) in [6, 6.07) is 85.0. The molecule has 0 saturated heterocycles. The topological polar surface area (TPSA) is 8.17 Å². The average Bonchev–Trinajstić information content (AvgIpc) is 3.99. The molecular weight excluding hydrogens is 817 g/mol. The molecule has 0 N–H and O–H groups in total. The monoisotopic (exact) mass is 860 g/mol. The van der Waals surface area contributed by atoms with Crippen LogP contribution in [0.5, 0.6) is 0 Å². The van der Waals surface area contributed by atoms with E-state index in [0.717, 1.165) is 17.1 Å². The molecule has 0 atom stereocenters. The quantitative estimate of drug-likeness (QED) is 0.155. The Morgan fingerprint density at radius 2 is 1.00 bits per heavy atom. The molecule has 1 aliphatic carbocycles. The summed E-state index contributed by atoms with van der Waals surface area (Å²) in [5.74, 6) is 0. The second-order valence-electron chi connectivity index (χ2n) is 18.1. The molecule has 312 valence electrons. The predicted molar refractivity (Wildman–Crippen MR) is 282 cm³/mol. The molecule has 0 aliphatic heterocycles. The van der Waals surface area contributed by atoms with E-state index in [0.29, 0.717) is 0 Å². The van der Waals surface area contributed by atoms with Gasteiger partial charge in [0.2, 0.25) is 0 Å². The van der Waals surface area contributed by atoms with Gasteiger partial charge in [-0.05, 0) is 129 Å². The van der Waals surface area contributed by atoms with E-state index in [2.05, 4.69) is 254 Å². The minimum absolute atomic E-state index is 0.177. The molecule has 3 heteroatoms. The Bertz CT molecular complexity index is 3840. The number of thiophene rings is 1. The molecule has 0 amide bonds. The largest absolute Gasteiger partial charge is 0.310 e. The van der Waals surface area contributed by atoms with Crippen LogP contribution in [0.1, 0.15) is 25.0 Å². The molecule has 0 bridgehead atoms. The van der Waals surface area contributed by atoms with Crippen molar-refractivity contribution in [1.29, 1.82) is 0 Å².